The molecule has 2 rings (SSSR count). The Labute approximate surface area is 119 Å². The lowest BCUT2D eigenvalue weighted by molar-refractivity contribution is 0.412. The van der Waals surface area contributed by atoms with E-state index in [1.165, 1.54) is 0 Å². The zero-order chi connectivity index (χ0) is 13.8. The van der Waals surface area contributed by atoms with Crippen LogP contribution in [0, 0.1) is 11.3 Å². The van der Waals surface area contributed by atoms with Gasteiger partial charge in [0, 0.05) is 11.8 Å². The maximum absolute atomic E-state index is 8.89. The number of hydrogen-bond acceptors (Lipinski definition) is 4. The molecule has 0 amide bonds. The van der Waals surface area contributed by atoms with Crippen LogP contribution in [0.25, 0.3) is 0 Å². The van der Waals surface area contributed by atoms with Crippen molar-refractivity contribution in [2.24, 2.45) is 0 Å². The van der Waals surface area contributed by atoms with Crippen molar-refractivity contribution in [1.82, 2.24) is 0 Å². The van der Waals surface area contributed by atoms with Crippen molar-refractivity contribution < 1.29 is 4.74 Å². The van der Waals surface area contributed by atoms with Gasteiger partial charge in [-0.25, -0.2) is 0 Å². The van der Waals surface area contributed by atoms with Gasteiger partial charge in [-0.05, 0) is 46.3 Å². The van der Waals surface area contributed by atoms with Crippen LogP contribution in [0.3, 0.4) is 0 Å². The van der Waals surface area contributed by atoms with E-state index in [1.807, 2.05) is 18.2 Å². The molecule has 0 bridgehead atoms. The molecule has 0 aliphatic heterocycles. The van der Waals surface area contributed by atoms with Crippen molar-refractivity contribution in [3.05, 3.63) is 46.4 Å². The number of halogens is 1. The van der Waals surface area contributed by atoms with Crippen molar-refractivity contribution in [3.63, 3.8) is 0 Å². The second-order valence-electron chi connectivity index (χ2n) is 3.89. The molecule has 19 heavy (non-hydrogen) atoms. The van der Waals surface area contributed by atoms with Crippen LogP contribution in [0.2, 0.25) is 0 Å². The fourth-order valence-corrected chi connectivity index (χ4v) is 2.04. The molecule has 0 saturated carbocycles. The number of ether oxygens (including phenoxy) is 1. The van der Waals surface area contributed by atoms with Crippen molar-refractivity contribution in [2.75, 3.05) is 18.2 Å². The van der Waals surface area contributed by atoms with Crippen LogP contribution in [0.1, 0.15) is 5.56 Å². The molecule has 4 nitrogen and oxygen atoms in total. The fourth-order valence-electron chi connectivity index (χ4n) is 1.63. The average Bonchev–Trinajstić information content (AvgIpc) is 2.43. The highest BCUT2D eigenvalue weighted by atomic mass is 79.9. The van der Waals surface area contributed by atoms with Gasteiger partial charge in [-0.15, -0.1) is 0 Å². The van der Waals surface area contributed by atoms with Gasteiger partial charge in [-0.2, -0.15) is 5.26 Å². The number of nitrogen functional groups attached to an aromatic ring is 1. The molecule has 2 aromatic carbocycles. The summed E-state index contributed by atoms with van der Waals surface area (Å²) in [7, 11) is 1.61. The normalized spacial score (nSPS) is 9.74. The van der Waals surface area contributed by atoms with Crippen molar-refractivity contribution in [3.8, 4) is 11.8 Å². The van der Waals surface area contributed by atoms with E-state index in [4.69, 9.17) is 15.7 Å². The number of nitriles is 1. The third-order valence-corrected chi connectivity index (χ3v) is 3.27. The van der Waals surface area contributed by atoms with Crippen molar-refractivity contribution in [1.29, 1.82) is 5.26 Å². The molecule has 0 unspecified atom stereocenters. The number of benzene rings is 2. The summed E-state index contributed by atoms with van der Waals surface area (Å²) in [6.07, 6.45) is 0. The summed E-state index contributed by atoms with van der Waals surface area (Å²) in [5.41, 5.74) is 8.55. The fraction of sp³-hybridized carbons (Fsp3) is 0.0714. The highest BCUT2D eigenvalue weighted by molar-refractivity contribution is 9.10. The van der Waals surface area contributed by atoms with Gasteiger partial charge < -0.3 is 15.8 Å². The topological polar surface area (TPSA) is 71.1 Å². The maximum Gasteiger partial charge on any atom is 0.135 e. The van der Waals surface area contributed by atoms with Gasteiger partial charge >= 0.3 is 0 Å². The smallest absolute Gasteiger partial charge is 0.135 e. The minimum Gasteiger partial charge on any atom is -0.495 e. The zero-order valence-corrected chi connectivity index (χ0v) is 11.9. The van der Waals surface area contributed by atoms with Crippen LogP contribution in [0.4, 0.5) is 17.1 Å². The second-order valence-corrected chi connectivity index (χ2v) is 4.74. The van der Waals surface area contributed by atoms with Gasteiger partial charge in [0.1, 0.15) is 5.75 Å². The van der Waals surface area contributed by atoms with E-state index in [9.17, 15) is 0 Å². The van der Waals surface area contributed by atoms with Gasteiger partial charge in [0.2, 0.25) is 0 Å². The number of nitrogens with one attached hydrogen (secondary N) is 1. The minimum atomic E-state index is 0.556. The summed E-state index contributed by atoms with van der Waals surface area (Å²) in [5.74, 6) is 0.722. The molecular weight excluding hydrogens is 306 g/mol. The Morgan fingerprint density at radius 3 is 2.74 bits per heavy atom. The number of methoxy groups -OCH3 is 1. The van der Waals surface area contributed by atoms with Gasteiger partial charge in [-0.1, -0.05) is 0 Å². The summed E-state index contributed by atoms with van der Waals surface area (Å²) >= 11 is 3.39. The molecule has 5 heteroatoms. The van der Waals surface area contributed by atoms with E-state index < -0.39 is 0 Å². The van der Waals surface area contributed by atoms with Crippen LogP contribution in [-0.4, -0.2) is 7.11 Å². The number of nitrogens with zero attached hydrogens (tertiary/aromatic N) is 1. The summed E-state index contributed by atoms with van der Waals surface area (Å²) in [6, 6.07) is 12.8. The highest BCUT2D eigenvalue weighted by Crippen LogP contribution is 2.31. The number of hydrogen-bond donors (Lipinski definition) is 2. The van der Waals surface area contributed by atoms with Crippen LogP contribution >= 0.6 is 15.9 Å². The number of rotatable bonds is 3. The SMILES string of the molecule is COc1cc(Nc2cc(C#N)ccc2N)ccc1Br. The summed E-state index contributed by atoms with van der Waals surface area (Å²) in [4.78, 5) is 0. The van der Waals surface area contributed by atoms with Crippen LogP contribution in [0.5, 0.6) is 5.75 Å². The van der Waals surface area contributed by atoms with E-state index in [2.05, 4.69) is 27.3 Å². The first-order valence-electron chi connectivity index (χ1n) is 5.54. The predicted octanol–water partition coefficient (Wildman–Crippen LogP) is 3.66. The Balaban J connectivity index is 2.33. The zero-order valence-electron chi connectivity index (χ0n) is 10.3. The van der Waals surface area contributed by atoms with Crippen molar-refractivity contribution >= 4 is 33.0 Å². The third kappa shape index (κ3) is 2.98. The molecule has 3 N–H and O–H groups in total. The lowest BCUT2D eigenvalue weighted by Crippen LogP contribution is -1.97. The van der Waals surface area contributed by atoms with Crippen LogP contribution in [0.15, 0.2) is 40.9 Å². The molecule has 0 saturated heterocycles. The summed E-state index contributed by atoms with van der Waals surface area (Å²) in [5, 5.41) is 12.1. The maximum atomic E-state index is 8.89. The second kappa shape index (κ2) is 5.63. The molecule has 0 aliphatic rings. The number of anilines is 3. The molecule has 0 atom stereocenters. The molecule has 0 spiro atoms. The Hall–Kier alpha value is -2.19. The first-order valence-corrected chi connectivity index (χ1v) is 6.33. The first kappa shape index (κ1) is 13.2. The molecule has 0 radical (unpaired) electrons. The van der Waals surface area contributed by atoms with Crippen LogP contribution in [-0.2, 0) is 0 Å². The Kier molecular flexibility index (Phi) is 3.93. The van der Waals surface area contributed by atoms with E-state index in [0.717, 1.165) is 15.9 Å². The number of nitrogens with two attached hydrogens (primary N) is 1. The minimum absolute atomic E-state index is 0.556. The van der Waals surface area contributed by atoms with Gasteiger partial charge in [0.25, 0.3) is 0 Å². The summed E-state index contributed by atoms with van der Waals surface area (Å²) in [6.45, 7) is 0. The predicted molar refractivity (Wildman–Crippen MR) is 79.5 cm³/mol. The lowest BCUT2D eigenvalue weighted by Gasteiger charge is -2.11. The molecule has 2 aromatic rings. The monoisotopic (exact) mass is 317 g/mol. The van der Waals surface area contributed by atoms with Gasteiger partial charge in [0.05, 0.1) is 34.6 Å². The standard InChI is InChI=1S/C14H12BrN3O/c1-19-14-7-10(3-4-11(14)15)18-13-6-9(8-16)2-5-12(13)17/h2-7,18H,17H2,1H3. The average molecular weight is 318 g/mol. The summed E-state index contributed by atoms with van der Waals surface area (Å²) < 4.78 is 6.10. The molecule has 96 valence electrons. The van der Waals surface area contributed by atoms with E-state index in [1.54, 1.807) is 25.3 Å². The first-order chi connectivity index (χ1) is 9.13. The van der Waals surface area contributed by atoms with E-state index in [-0.39, 0.29) is 0 Å². The Bertz CT molecular complexity index is 650. The van der Waals surface area contributed by atoms with Gasteiger partial charge in [-0.3, -0.25) is 0 Å². The third-order valence-electron chi connectivity index (χ3n) is 2.61. The molecule has 0 fully saturated rings. The molecule has 0 heterocycles. The largest absolute Gasteiger partial charge is 0.495 e. The highest BCUT2D eigenvalue weighted by Gasteiger charge is 2.05. The lowest BCUT2D eigenvalue weighted by atomic mass is 10.2. The van der Waals surface area contributed by atoms with Crippen LogP contribution < -0.4 is 15.8 Å². The van der Waals surface area contributed by atoms with E-state index >= 15 is 0 Å². The Morgan fingerprint density at radius 2 is 2.05 bits per heavy atom. The van der Waals surface area contributed by atoms with E-state index in [0.29, 0.717) is 16.9 Å². The molecule has 0 aromatic heterocycles. The van der Waals surface area contributed by atoms with Gasteiger partial charge in [0.15, 0.2) is 0 Å². The Morgan fingerprint density at radius 1 is 1.26 bits per heavy atom. The quantitative estimate of drug-likeness (QED) is 0.847. The molecular formula is C14H12BrN3O. The molecule has 0 aliphatic carbocycles. The van der Waals surface area contributed by atoms with Crippen molar-refractivity contribution in [2.45, 2.75) is 0 Å².